The van der Waals surface area contributed by atoms with Crippen molar-refractivity contribution in [3.8, 4) is 5.75 Å². The number of aliphatic hydroxyl groups excluding tert-OH is 1. The van der Waals surface area contributed by atoms with Crippen LogP contribution < -0.4 is 9.46 Å². The Morgan fingerprint density at radius 1 is 1.30 bits per heavy atom. The molecule has 0 saturated carbocycles. The van der Waals surface area contributed by atoms with Gasteiger partial charge in [0, 0.05) is 0 Å². The summed E-state index contributed by atoms with van der Waals surface area (Å²) in [6, 6.07) is 5.90. The molecule has 1 aromatic heterocycles. The molecule has 0 unspecified atom stereocenters. The number of hydrogen-bond donors (Lipinski definition) is 3. The van der Waals surface area contributed by atoms with E-state index in [2.05, 4.69) is 19.9 Å². The quantitative estimate of drug-likeness (QED) is 0.643. The fourth-order valence-electron chi connectivity index (χ4n) is 1.44. The summed E-state index contributed by atoms with van der Waals surface area (Å²) in [5.41, 5.74) is 0. The van der Waals surface area contributed by atoms with E-state index in [-0.39, 0.29) is 24.7 Å². The highest BCUT2D eigenvalue weighted by Crippen LogP contribution is 2.15. The van der Waals surface area contributed by atoms with Crippen molar-refractivity contribution in [2.75, 3.05) is 13.2 Å². The number of aromatic amines is 1. The van der Waals surface area contributed by atoms with E-state index in [1.54, 1.807) is 0 Å². The summed E-state index contributed by atoms with van der Waals surface area (Å²) in [5.74, 6) is 0.921. The van der Waals surface area contributed by atoms with E-state index in [1.165, 1.54) is 30.6 Å². The van der Waals surface area contributed by atoms with Gasteiger partial charge >= 0.3 is 0 Å². The molecule has 2 aromatic rings. The first-order valence-electron chi connectivity index (χ1n) is 5.79. The largest absolute Gasteiger partial charge is 0.491 e. The number of aliphatic hydroxyl groups is 1. The first-order chi connectivity index (χ1) is 9.62. The zero-order chi connectivity index (χ0) is 14.4. The topological polar surface area (TPSA) is 117 Å². The van der Waals surface area contributed by atoms with Gasteiger partial charge in [-0.2, -0.15) is 5.10 Å². The number of H-pyrrole nitrogens is 1. The van der Waals surface area contributed by atoms with Gasteiger partial charge in [-0.1, -0.05) is 0 Å². The van der Waals surface area contributed by atoms with Crippen LogP contribution in [-0.2, 0) is 16.6 Å². The molecule has 0 saturated heterocycles. The van der Waals surface area contributed by atoms with Gasteiger partial charge in [-0.25, -0.2) is 18.1 Å². The van der Waals surface area contributed by atoms with Crippen molar-refractivity contribution in [3.63, 3.8) is 0 Å². The molecule has 1 aromatic carbocycles. The van der Waals surface area contributed by atoms with Crippen molar-refractivity contribution in [3.05, 3.63) is 36.4 Å². The minimum Gasteiger partial charge on any atom is -0.491 e. The fourth-order valence-corrected chi connectivity index (χ4v) is 2.43. The zero-order valence-corrected chi connectivity index (χ0v) is 11.3. The third-order valence-corrected chi connectivity index (χ3v) is 3.81. The van der Waals surface area contributed by atoms with Gasteiger partial charge < -0.3 is 9.84 Å². The van der Waals surface area contributed by atoms with Gasteiger partial charge in [0.2, 0.25) is 10.0 Å². The van der Waals surface area contributed by atoms with Crippen LogP contribution in [0.2, 0.25) is 0 Å². The Morgan fingerprint density at radius 2 is 2.05 bits per heavy atom. The average molecular weight is 298 g/mol. The molecule has 0 aliphatic heterocycles. The van der Waals surface area contributed by atoms with Crippen LogP contribution in [0.25, 0.3) is 0 Å². The molecule has 0 aliphatic carbocycles. The number of rotatable bonds is 7. The second-order valence-corrected chi connectivity index (χ2v) is 5.57. The average Bonchev–Trinajstić information content (AvgIpc) is 2.97. The Labute approximate surface area is 115 Å². The van der Waals surface area contributed by atoms with Crippen molar-refractivity contribution in [2.45, 2.75) is 11.4 Å². The second kappa shape index (κ2) is 6.46. The predicted octanol–water partition coefficient (Wildman–Crippen LogP) is -0.346. The summed E-state index contributed by atoms with van der Waals surface area (Å²) in [6.07, 6.45) is 1.30. The zero-order valence-electron chi connectivity index (χ0n) is 10.5. The Balaban J connectivity index is 2.01. The number of hydrogen-bond acceptors (Lipinski definition) is 6. The summed E-state index contributed by atoms with van der Waals surface area (Å²) in [5, 5.41) is 14.8. The highest BCUT2D eigenvalue weighted by atomic mass is 32.2. The van der Waals surface area contributed by atoms with Crippen molar-refractivity contribution in [2.24, 2.45) is 0 Å². The van der Waals surface area contributed by atoms with Crippen LogP contribution in [-0.4, -0.2) is 41.9 Å². The van der Waals surface area contributed by atoms with Crippen LogP contribution in [0.5, 0.6) is 5.75 Å². The maximum absolute atomic E-state index is 12.0. The van der Waals surface area contributed by atoms with E-state index in [0.717, 1.165) is 0 Å². The second-order valence-electron chi connectivity index (χ2n) is 3.80. The van der Waals surface area contributed by atoms with Crippen molar-refractivity contribution in [1.29, 1.82) is 0 Å². The molecule has 0 spiro atoms. The smallest absolute Gasteiger partial charge is 0.240 e. The molecule has 108 valence electrons. The highest BCUT2D eigenvalue weighted by Gasteiger charge is 2.14. The Bertz CT molecular complexity index is 625. The number of ether oxygens (including phenoxy) is 1. The lowest BCUT2D eigenvalue weighted by molar-refractivity contribution is 0.201. The predicted molar refractivity (Wildman–Crippen MR) is 69.4 cm³/mol. The number of nitrogens with zero attached hydrogens (tertiary/aromatic N) is 2. The maximum atomic E-state index is 12.0. The van der Waals surface area contributed by atoms with Gasteiger partial charge in [-0.3, -0.25) is 5.10 Å². The molecule has 8 nitrogen and oxygen atoms in total. The van der Waals surface area contributed by atoms with Crippen molar-refractivity contribution >= 4 is 10.0 Å². The summed E-state index contributed by atoms with van der Waals surface area (Å²) < 4.78 is 31.5. The fraction of sp³-hybridized carbons (Fsp3) is 0.273. The molecular weight excluding hydrogens is 284 g/mol. The molecule has 0 amide bonds. The summed E-state index contributed by atoms with van der Waals surface area (Å²) >= 11 is 0. The van der Waals surface area contributed by atoms with Gasteiger partial charge in [0.1, 0.15) is 24.5 Å². The molecule has 9 heteroatoms. The van der Waals surface area contributed by atoms with Gasteiger partial charge in [0.25, 0.3) is 0 Å². The molecule has 1 heterocycles. The van der Waals surface area contributed by atoms with Crippen molar-refractivity contribution in [1.82, 2.24) is 19.9 Å². The van der Waals surface area contributed by atoms with Crippen LogP contribution >= 0.6 is 0 Å². The SMILES string of the molecule is O=S(=O)(NCc1ncn[nH]1)c1ccc(OCCO)cc1. The molecule has 0 radical (unpaired) electrons. The minimum absolute atomic E-state index is 0.0328. The Morgan fingerprint density at radius 3 is 2.65 bits per heavy atom. The summed E-state index contributed by atoms with van der Waals surface area (Å²) in [4.78, 5) is 3.94. The number of sulfonamides is 1. The van der Waals surface area contributed by atoms with Gasteiger partial charge in [-0.15, -0.1) is 0 Å². The third-order valence-electron chi connectivity index (χ3n) is 2.39. The number of nitrogens with one attached hydrogen (secondary N) is 2. The normalized spacial score (nSPS) is 11.4. The maximum Gasteiger partial charge on any atom is 0.240 e. The monoisotopic (exact) mass is 298 g/mol. The molecule has 2 rings (SSSR count). The Hall–Kier alpha value is -1.97. The van der Waals surface area contributed by atoms with Gasteiger partial charge in [0.15, 0.2) is 0 Å². The first-order valence-corrected chi connectivity index (χ1v) is 7.28. The highest BCUT2D eigenvalue weighted by molar-refractivity contribution is 7.89. The van der Waals surface area contributed by atoms with E-state index in [4.69, 9.17) is 9.84 Å². The summed E-state index contributed by atoms with van der Waals surface area (Å²) in [7, 11) is -3.62. The van der Waals surface area contributed by atoms with Crippen LogP contribution in [0.3, 0.4) is 0 Å². The first kappa shape index (κ1) is 14.4. The molecule has 0 bridgehead atoms. The lowest BCUT2D eigenvalue weighted by atomic mass is 10.3. The Kier molecular flexibility index (Phi) is 4.66. The molecular formula is C11H14N4O4S. The van der Waals surface area contributed by atoms with Gasteiger partial charge in [-0.05, 0) is 24.3 Å². The summed E-state index contributed by atoms with van der Waals surface area (Å²) in [6.45, 7) is 0.0969. The number of benzene rings is 1. The molecule has 0 fully saturated rings. The van der Waals surface area contributed by atoms with E-state index < -0.39 is 10.0 Å². The van der Waals surface area contributed by atoms with Crippen LogP contribution in [0, 0.1) is 0 Å². The molecule has 20 heavy (non-hydrogen) atoms. The van der Waals surface area contributed by atoms with E-state index in [9.17, 15) is 8.42 Å². The van der Waals surface area contributed by atoms with E-state index in [1.807, 2.05) is 0 Å². The standard InChI is InChI=1S/C11H14N4O4S/c16-5-6-19-9-1-3-10(4-2-9)20(17,18)14-7-11-12-8-13-15-11/h1-4,8,14,16H,5-7H2,(H,12,13,15). The van der Waals surface area contributed by atoms with Crippen LogP contribution in [0.15, 0.2) is 35.5 Å². The van der Waals surface area contributed by atoms with E-state index >= 15 is 0 Å². The molecule has 3 N–H and O–H groups in total. The van der Waals surface area contributed by atoms with Crippen LogP contribution in [0.1, 0.15) is 5.82 Å². The minimum atomic E-state index is -3.62. The lowest BCUT2D eigenvalue weighted by Crippen LogP contribution is -2.23. The molecule has 0 atom stereocenters. The van der Waals surface area contributed by atoms with Crippen molar-refractivity contribution < 1.29 is 18.3 Å². The number of aromatic nitrogens is 3. The third kappa shape index (κ3) is 3.76. The molecule has 0 aliphatic rings. The lowest BCUT2D eigenvalue weighted by Gasteiger charge is -2.07. The van der Waals surface area contributed by atoms with Crippen LogP contribution in [0.4, 0.5) is 0 Å². The van der Waals surface area contributed by atoms with Gasteiger partial charge in [0.05, 0.1) is 18.0 Å². The van der Waals surface area contributed by atoms with E-state index in [0.29, 0.717) is 11.6 Å².